The van der Waals surface area contributed by atoms with E-state index in [4.69, 9.17) is 4.74 Å². The first-order valence-corrected chi connectivity index (χ1v) is 9.46. The van der Waals surface area contributed by atoms with Crippen LogP contribution in [-0.2, 0) is 17.8 Å². The minimum absolute atomic E-state index is 0. The monoisotopic (exact) mass is 488 g/mol. The second-order valence-electron chi connectivity index (χ2n) is 6.10. The van der Waals surface area contributed by atoms with E-state index in [0.29, 0.717) is 12.5 Å². The van der Waals surface area contributed by atoms with Crippen LogP contribution in [0.2, 0.25) is 0 Å². The number of nitrogens with zero attached hydrogens (tertiary/aromatic N) is 2. The Labute approximate surface area is 177 Å². The fraction of sp³-hybridized carbons (Fsp3) is 0.474. The van der Waals surface area contributed by atoms with Crippen LogP contribution in [0.5, 0.6) is 0 Å². The summed E-state index contributed by atoms with van der Waals surface area (Å²) in [5.41, 5.74) is 1.21. The van der Waals surface area contributed by atoms with E-state index in [0.717, 1.165) is 37.1 Å². The number of halogens is 1. The molecule has 1 aromatic carbocycles. The van der Waals surface area contributed by atoms with Crippen LogP contribution in [-0.4, -0.2) is 37.7 Å². The van der Waals surface area contributed by atoms with Gasteiger partial charge in [-0.1, -0.05) is 37.3 Å². The standard InChI is InChI=1S/C19H28N4OS.HI/c1-15(13-24-14-17-7-5-4-6-8-17)11-23-19(20-3)21-10-9-18-22-12-16(2)25-18;/h4-8,12,15H,9-11,13-14H2,1-3H3,(H2,20,21,23);1H. The maximum Gasteiger partial charge on any atom is 0.191 e. The van der Waals surface area contributed by atoms with Gasteiger partial charge >= 0.3 is 0 Å². The number of ether oxygens (including phenoxy) is 1. The molecule has 0 aliphatic carbocycles. The van der Waals surface area contributed by atoms with Gasteiger partial charge in [-0.3, -0.25) is 4.99 Å². The molecule has 1 heterocycles. The van der Waals surface area contributed by atoms with Crippen molar-refractivity contribution in [3.05, 3.63) is 52.0 Å². The van der Waals surface area contributed by atoms with Crippen molar-refractivity contribution in [3.8, 4) is 0 Å². The smallest absolute Gasteiger partial charge is 0.191 e. The third kappa shape index (κ3) is 8.95. The third-order valence-corrected chi connectivity index (χ3v) is 4.63. The van der Waals surface area contributed by atoms with Crippen molar-refractivity contribution >= 4 is 41.3 Å². The zero-order valence-electron chi connectivity index (χ0n) is 15.7. The Balaban J connectivity index is 0.00000338. The van der Waals surface area contributed by atoms with Crippen LogP contribution in [0.15, 0.2) is 41.5 Å². The first-order chi connectivity index (χ1) is 12.2. The van der Waals surface area contributed by atoms with Gasteiger partial charge in [0.2, 0.25) is 0 Å². The molecule has 1 aromatic heterocycles. The molecule has 0 radical (unpaired) electrons. The highest BCUT2D eigenvalue weighted by Crippen LogP contribution is 2.10. The first-order valence-electron chi connectivity index (χ1n) is 8.65. The van der Waals surface area contributed by atoms with E-state index < -0.39 is 0 Å². The van der Waals surface area contributed by atoms with Gasteiger partial charge in [0.25, 0.3) is 0 Å². The van der Waals surface area contributed by atoms with Crippen molar-refractivity contribution in [1.82, 2.24) is 15.6 Å². The number of nitrogens with one attached hydrogen (secondary N) is 2. The van der Waals surface area contributed by atoms with E-state index >= 15 is 0 Å². The summed E-state index contributed by atoms with van der Waals surface area (Å²) >= 11 is 1.74. The fourth-order valence-corrected chi connectivity index (χ4v) is 3.09. The molecule has 0 saturated carbocycles. The van der Waals surface area contributed by atoms with Gasteiger partial charge in [0.1, 0.15) is 0 Å². The summed E-state index contributed by atoms with van der Waals surface area (Å²) in [5, 5.41) is 7.84. The molecule has 1 atom stereocenters. The van der Waals surface area contributed by atoms with E-state index in [-0.39, 0.29) is 24.0 Å². The van der Waals surface area contributed by atoms with Crippen LogP contribution in [0.3, 0.4) is 0 Å². The molecule has 2 aromatic rings. The Hall–Kier alpha value is -1.19. The zero-order chi connectivity index (χ0) is 17.9. The molecule has 144 valence electrons. The average Bonchev–Trinajstić information content (AvgIpc) is 3.04. The molecule has 2 rings (SSSR count). The summed E-state index contributed by atoms with van der Waals surface area (Å²) in [5.74, 6) is 1.23. The second kappa shape index (κ2) is 13.1. The molecule has 0 bridgehead atoms. The lowest BCUT2D eigenvalue weighted by Crippen LogP contribution is -2.40. The lowest BCUT2D eigenvalue weighted by molar-refractivity contribution is 0.0931. The van der Waals surface area contributed by atoms with E-state index in [1.807, 2.05) is 24.4 Å². The summed E-state index contributed by atoms with van der Waals surface area (Å²) in [6.45, 7) is 7.28. The van der Waals surface area contributed by atoms with E-state index in [9.17, 15) is 0 Å². The number of aromatic nitrogens is 1. The van der Waals surface area contributed by atoms with Crippen LogP contribution in [0.4, 0.5) is 0 Å². The maximum absolute atomic E-state index is 5.78. The molecule has 0 aliphatic heterocycles. The number of guanidine groups is 1. The SMILES string of the molecule is CN=C(NCCc1ncc(C)s1)NCC(C)COCc1ccccc1.I. The Morgan fingerprint density at radius 1 is 1.27 bits per heavy atom. The van der Waals surface area contributed by atoms with E-state index in [1.165, 1.54) is 10.4 Å². The molecule has 26 heavy (non-hydrogen) atoms. The third-order valence-electron chi connectivity index (χ3n) is 3.66. The van der Waals surface area contributed by atoms with Gasteiger partial charge in [0, 0.05) is 37.6 Å². The molecule has 5 nitrogen and oxygen atoms in total. The zero-order valence-corrected chi connectivity index (χ0v) is 18.8. The molecule has 2 N–H and O–H groups in total. The second-order valence-corrected chi connectivity index (χ2v) is 7.42. The lowest BCUT2D eigenvalue weighted by atomic mass is 10.2. The predicted octanol–water partition coefficient (Wildman–Crippen LogP) is 3.63. The Morgan fingerprint density at radius 3 is 2.69 bits per heavy atom. The molecular weight excluding hydrogens is 459 g/mol. The van der Waals surface area contributed by atoms with Crippen LogP contribution < -0.4 is 10.6 Å². The van der Waals surface area contributed by atoms with Gasteiger partial charge in [-0.25, -0.2) is 4.98 Å². The van der Waals surface area contributed by atoms with Gasteiger partial charge < -0.3 is 15.4 Å². The molecule has 1 unspecified atom stereocenters. The predicted molar refractivity (Wildman–Crippen MR) is 121 cm³/mol. The van der Waals surface area contributed by atoms with Crippen LogP contribution >= 0.6 is 35.3 Å². The van der Waals surface area contributed by atoms with Crippen molar-refractivity contribution in [2.24, 2.45) is 10.9 Å². The highest BCUT2D eigenvalue weighted by molar-refractivity contribution is 14.0. The van der Waals surface area contributed by atoms with Gasteiger partial charge in [0.15, 0.2) is 5.96 Å². The van der Waals surface area contributed by atoms with Gasteiger partial charge in [-0.15, -0.1) is 35.3 Å². The molecular formula is C19H29IN4OS. The van der Waals surface area contributed by atoms with Crippen molar-refractivity contribution in [3.63, 3.8) is 0 Å². The summed E-state index contributed by atoms with van der Waals surface area (Å²) in [6, 6.07) is 10.3. The summed E-state index contributed by atoms with van der Waals surface area (Å²) in [6.07, 6.45) is 2.83. The molecule has 0 amide bonds. The Morgan fingerprint density at radius 2 is 2.04 bits per heavy atom. The summed E-state index contributed by atoms with van der Waals surface area (Å²) in [4.78, 5) is 9.89. The van der Waals surface area contributed by atoms with Crippen LogP contribution in [0.1, 0.15) is 22.4 Å². The number of hydrogen-bond donors (Lipinski definition) is 2. The topological polar surface area (TPSA) is 58.5 Å². The van der Waals surface area contributed by atoms with Crippen molar-refractivity contribution in [2.45, 2.75) is 26.9 Å². The van der Waals surface area contributed by atoms with Crippen molar-refractivity contribution in [1.29, 1.82) is 0 Å². The maximum atomic E-state index is 5.78. The number of aliphatic imine (C=N–C) groups is 1. The number of thiazole rings is 1. The number of aryl methyl sites for hydroxylation is 1. The average molecular weight is 488 g/mol. The highest BCUT2D eigenvalue weighted by atomic mass is 127. The first kappa shape index (κ1) is 22.9. The number of hydrogen-bond acceptors (Lipinski definition) is 4. The number of rotatable bonds is 9. The van der Waals surface area contributed by atoms with E-state index in [2.05, 4.69) is 46.6 Å². The van der Waals surface area contributed by atoms with Crippen LogP contribution in [0, 0.1) is 12.8 Å². The minimum Gasteiger partial charge on any atom is -0.376 e. The van der Waals surface area contributed by atoms with Gasteiger partial charge in [-0.2, -0.15) is 0 Å². The molecule has 7 heteroatoms. The summed E-state index contributed by atoms with van der Waals surface area (Å²) in [7, 11) is 1.79. The van der Waals surface area contributed by atoms with Gasteiger partial charge in [0.05, 0.1) is 18.2 Å². The molecule has 0 fully saturated rings. The highest BCUT2D eigenvalue weighted by Gasteiger charge is 2.05. The minimum atomic E-state index is 0. The van der Waals surface area contributed by atoms with Gasteiger partial charge in [-0.05, 0) is 18.4 Å². The number of benzene rings is 1. The fourth-order valence-electron chi connectivity index (χ4n) is 2.31. The largest absolute Gasteiger partial charge is 0.376 e. The van der Waals surface area contributed by atoms with Crippen molar-refractivity contribution in [2.75, 3.05) is 26.7 Å². The quantitative estimate of drug-likeness (QED) is 0.322. The summed E-state index contributed by atoms with van der Waals surface area (Å²) < 4.78 is 5.78. The molecule has 0 aliphatic rings. The van der Waals surface area contributed by atoms with Crippen molar-refractivity contribution < 1.29 is 4.74 Å². The Kier molecular flexibility index (Phi) is 11.5. The van der Waals surface area contributed by atoms with Crippen LogP contribution in [0.25, 0.3) is 0 Å². The molecule has 0 spiro atoms. The molecule has 0 saturated heterocycles. The Bertz CT molecular complexity index is 648. The lowest BCUT2D eigenvalue weighted by Gasteiger charge is -2.16. The normalized spacial score (nSPS) is 12.3. The van der Waals surface area contributed by atoms with E-state index in [1.54, 1.807) is 18.4 Å².